The van der Waals surface area contributed by atoms with E-state index in [0.29, 0.717) is 12.2 Å². The van der Waals surface area contributed by atoms with Crippen LogP contribution < -0.4 is 4.74 Å². The second-order valence-corrected chi connectivity index (χ2v) is 2.70. The van der Waals surface area contributed by atoms with Crippen molar-refractivity contribution in [1.82, 2.24) is 4.98 Å². The molecule has 0 saturated carbocycles. The molecule has 0 amide bonds. The predicted octanol–water partition coefficient (Wildman–Crippen LogP) is 1.70. The van der Waals surface area contributed by atoms with Crippen LogP contribution >= 0.6 is 0 Å². The van der Waals surface area contributed by atoms with E-state index in [1.54, 1.807) is 31.6 Å². The van der Waals surface area contributed by atoms with E-state index >= 15 is 0 Å². The lowest BCUT2D eigenvalue weighted by atomic mass is 10.1. The third-order valence-electron chi connectivity index (χ3n) is 1.74. The highest BCUT2D eigenvalue weighted by molar-refractivity contribution is 5.25. The van der Waals surface area contributed by atoms with Gasteiger partial charge in [0.15, 0.2) is 0 Å². The maximum absolute atomic E-state index is 9.57. The zero-order chi connectivity index (χ0) is 9.68. The van der Waals surface area contributed by atoms with E-state index in [2.05, 4.69) is 11.6 Å². The summed E-state index contributed by atoms with van der Waals surface area (Å²) >= 11 is 0. The number of methoxy groups -OCH3 is 1. The zero-order valence-corrected chi connectivity index (χ0v) is 7.60. The number of nitrogens with zero attached hydrogens (tertiary/aromatic N) is 1. The molecule has 0 fully saturated rings. The topological polar surface area (TPSA) is 42.4 Å². The summed E-state index contributed by atoms with van der Waals surface area (Å²) in [7, 11) is 1.57. The Hall–Kier alpha value is -1.35. The van der Waals surface area contributed by atoms with Gasteiger partial charge < -0.3 is 9.84 Å². The van der Waals surface area contributed by atoms with Crippen molar-refractivity contribution < 1.29 is 9.84 Å². The fourth-order valence-corrected chi connectivity index (χ4v) is 1.02. The summed E-state index contributed by atoms with van der Waals surface area (Å²) in [6, 6.07) is 1.77. The molecular weight excluding hydrogens is 166 g/mol. The second kappa shape index (κ2) is 4.62. The Bertz CT molecular complexity index is 286. The van der Waals surface area contributed by atoms with Crippen LogP contribution in [0.25, 0.3) is 0 Å². The Morgan fingerprint density at radius 1 is 1.69 bits per heavy atom. The molecule has 0 aliphatic heterocycles. The number of aromatic nitrogens is 1. The van der Waals surface area contributed by atoms with Crippen LogP contribution in [0.5, 0.6) is 5.75 Å². The number of pyridine rings is 1. The molecule has 1 aromatic heterocycles. The maximum Gasteiger partial charge on any atom is 0.137 e. The third kappa shape index (κ3) is 2.56. The van der Waals surface area contributed by atoms with E-state index in [-0.39, 0.29) is 0 Å². The predicted molar refractivity (Wildman–Crippen MR) is 50.6 cm³/mol. The van der Waals surface area contributed by atoms with Gasteiger partial charge in [-0.15, -0.1) is 6.58 Å². The summed E-state index contributed by atoms with van der Waals surface area (Å²) in [6.45, 7) is 3.56. The van der Waals surface area contributed by atoms with E-state index < -0.39 is 6.10 Å². The van der Waals surface area contributed by atoms with Crippen LogP contribution in [0.4, 0.5) is 0 Å². The molecule has 1 atom stereocenters. The van der Waals surface area contributed by atoms with Crippen LogP contribution in [-0.2, 0) is 0 Å². The first-order chi connectivity index (χ1) is 6.27. The van der Waals surface area contributed by atoms with Gasteiger partial charge >= 0.3 is 0 Å². The number of hydrogen-bond acceptors (Lipinski definition) is 3. The van der Waals surface area contributed by atoms with Gasteiger partial charge in [0.1, 0.15) is 5.75 Å². The Morgan fingerprint density at radius 3 is 3.08 bits per heavy atom. The molecule has 1 N–H and O–H groups in total. The van der Waals surface area contributed by atoms with Crippen molar-refractivity contribution in [3.8, 4) is 5.75 Å². The Balaban J connectivity index is 2.81. The summed E-state index contributed by atoms with van der Waals surface area (Å²) in [5.41, 5.74) is 0.749. The molecule has 3 nitrogen and oxygen atoms in total. The quantitative estimate of drug-likeness (QED) is 0.715. The Labute approximate surface area is 77.7 Å². The van der Waals surface area contributed by atoms with Crippen molar-refractivity contribution in [1.29, 1.82) is 0 Å². The van der Waals surface area contributed by atoms with Gasteiger partial charge in [-0.05, 0) is 12.5 Å². The standard InChI is InChI=1S/C10H13NO2/c1-3-4-10(12)8-5-9(13-2)7-11-6-8/h3,5-7,10,12H,1,4H2,2H3. The van der Waals surface area contributed by atoms with Crippen LogP contribution in [0.3, 0.4) is 0 Å². The lowest BCUT2D eigenvalue weighted by Gasteiger charge is -2.08. The first-order valence-electron chi connectivity index (χ1n) is 4.06. The maximum atomic E-state index is 9.57. The normalized spacial score (nSPS) is 12.2. The zero-order valence-electron chi connectivity index (χ0n) is 7.60. The van der Waals surface area contributed by atoms with Gasteiger partial charge in [-0.1, -0.05) is 6.08 Å². The molecule has 3 heteroatoms. The van der Waals surface area contributed by atoms with E-state index in [1.165, 1.54) is 0 Å². The summed E-state index contributed by atoms with van der Waals surface area (Å²) in [5.74, 6) is 0.653. The number of ether oxygens (including phenoxy) is 1. The molecular formula is C10H13NO2. The fraction of sp³-hybridized carbons (Fsp3) is 0.300. The van der Waals surface area contributed by atoms with Crippen molar-refractivity contribution in [3.63, 3.8) is 0 Å². The van der Waals surface area contributed by atoms with Crippen LogP contribution in [0.2, 0.25) is 0 Å². The van der Waals surface area contributed by atoms with E-state index in [9.17, 15) is 5.11 Å². The van der Waals surface area contributed by atoms with E-state index in [4.69, 9.17) is 4.74 Å². The lowest BCUT2D eigenvalue weighted by Crippen LogP contribution is -1.97. The van der Waals surface area contributed by atoms with Crippen molar-refractivity contribution in [2.45, 2.75) is 12.5 Å². The molecule has 0 aliphatic rings. The molecule has 13 heavy (non-hydrogen) atoms. The van der Waals surface area contributed by atoms with Crippen LogP contribution in [0.15, 0.2) is 31.1 Å². The van der Waals surface area contributed by atoms with Gasteiger partial charge in [-0.2, -0.15) is 0 Å². The van der Waals surface area contributed by atoms with Gasteiger partial charge in [0.25, 0.3) is 0 Å². The Kier molecular flexibility index (Phi) is 3.46. The highest BCUT2D eigenvalue weighted by Gasteiger charge is 2.06. The van der Waals surface area contributed by atoms with Gasteiger partial charge in [0, 0.05) is 11.8 Å². The minimum absolute atomic E-state index is 0.523. The number of hydrogen-bond donors (Lipinski definition) is 1. The Morgan fingerprint density at radius 2 is 2.46 bits per heavy atom. The minimum atomic E-state index is -0.542. The average Bonchev–Trinajstić information content (AvgIpc) is 2.18. The first kappa shape index (κ1) is 9.74. The molecule has 0 aliphatic carbocycles. The van der Waals surface area contributed by atoms with Crippen molar-refractivity contribution in [2.75, 3.05) is 7.11 Å². The van der Waals surface area contributed by atoms with Gasteiger partial charge in [-0.25, -0.2) is 0 Å². The second-order valence-electron chi connectivity index (χ2n) is 2.70. The minimum Gasteiger partial charge on any atom is -0.495 e. The monoisotopic (exact) mass is 179 g/mol. The lowest BCUT2D eigenvalue weighted by molar-refractivity contribution is 0.181. The van der Waals surface area contributed by atoms with Crippen molar-refractivity contribution >= 4 is 0 Å². The van der Waals surface area contributed by atoms with E-state index in [0.717, 1.165) is 5.56 Å². The smallest absolute Gasteiger partial charge is 0.137 e. The third-order valence-corrected chi connectivity index (χ3v) is 1.74. The number of aliphatic hydroxyl groups excluding tert-OH is 1. The summed E-state index contributed by atoms with van der Waals surface area (Å²) in [6.07, 6.45) is 4.87. The number of rotatable bonds is 4. The van der Waals surface area contributed by atoms with Gasteiger partial charge in [-0.3, -0.25) is 4.98 Å². The average molecular weight is 179 g/mol. The molecule has 0 spiro atoms. The van der Waals surface area contributed by atoms with Gasteiger partial charge in [0.2, 0.25) is 0 Å². The molecule has 70 valence electrons. The van der Waals surface area contributed by atoms with E-state index in [1.807, 2.05) is 0 Å². The van der Waals surface area contributed by atoms with Crippen LogP contribution in [-0.4, -0.2) is 17.2 Å². The molecule has 0 radical (unpaired) electrons. The molecule has 0 saturated heterocycles. The van der Waals surface area contributed by atoms with Gasteiger partial charge in [0.05, 0.1) is 19.4 Å². The molecule has 1 unspecified atom stereocenters. The summed E-state index contributed by atoms with van der Waals surface area (Å²) in [5, 5.41) is 9.57. The fourth-order valence-electron chi connectivity index (χ4n) is 1.02. The largest absolute Gasteiger partial charge is 0.495 e. The summed E-state index contributed by atoms with van der Waals surface area (Å²) < 4.78 is 4.98. The first-order valence-corrected chi connectivity index (χ1v) is 4.06. The van der Waals surface area contributed by atoms with Crippen molar-refractivity contribution in [3.05, 3.63) is 36.7 Å². The highest BCUT2D eigenvalue weighted by Crippen LogP contribution is 2.19. The molecule has 0 bridgehead atoms. The number of aliphatic hydroxyl groups is 1. The molecule has 1 aromatic rings. The SMILES string of the molecule is C=CCC(O)c1cncc(OC)c1. The highest BCUT2D eigenvalue weighted by atomic mass is 16.5. The summed E-state index contributed by atoms with van der Waals surface area (Å²) in [4.78, 5) is 3.94. The molecule has 1 heterocycles. The van der Waals surface area contributed by atoms with Crippen molar-refractivity contribution in [2.24, 2.45) is 0 Å². The van der Waals surface area contributed by atoms with Crippen LogP contribution in [0.1, 0.15) is 18.1 Å². The molecule has 0 aromatic carbocycles. The molecule has 1 rings (SSSR count). The van der Waals surface area contributed by atoms with Crippen LogP contribution in [0, 0.1) is 0 Å².